The van der Waals surface area contributed by atoms with Gasteiger partial charge in [0, 0.05) is 23.7 Å². The molecular formula is C13H19IN2O. The normalized spacial score (nSPS) is 14.2. The van der Waals surface area contributed by atoms with Crippen LogP contribution in [0, 0.1) is 3.57 Å². The Hall–Kier alpha value is -0.620. The molecular weight excluding hydrogens is 327 g/mol. The third-order valence-corrected chi connectivity index (χ3v) is 3.40. The van der Waals surface area contributed by atoms with Crippen molar-refractivity contribution in [2.45, 2.75) is 25.9 Å². The molecule has 4 heteroatoms. The van der Waals surface area contributed by atoms with Gasteiger partial charge in [0.25, 0.3) is 0 Å². The van der Waals surface area contributed by atoms with Crippen LogP contribution in [0.4, 0.5) is 0 Å². The van der Waals surface area contributed by atoms with Gasteiger partial charge in [-0.05, 0) is 54.1 Å². The molecule has 1 amide bonds. The number of hydrogen-bond acceptors (Lipinski definition) is 2. The number of likely N-dealkylation sites (N-methyl/N-ethyl adjacent to an activating group) is 1. The summed E-state index contributed by atoms with van der Waals surface area (Å²) in [6, 6.07) is 8.34. The van der Waals surface area contributed by atoms with Crippen molar-refractivity contribution in [1.82, 2.24) is 10.2 Å². The second-order valence-electron chi connectivity index (χ2n) is 4.39. The predicted octanol–water partition coefficient (Wildman–Crippen LogP) is 2.42. The van der Waals surface area contributed by atoms with Gasteiger partial charge in [-0.25, -0.2) is 0 Å². The van der Waals surface area contributed by atoms with Gasteiger partial charge < -0.3 is 4.90 Å². The van der Waals surface area contributed by atoms with Gasteiger partial charge in [0.1, 0.15) is 0 Å². The first kappa shape index (κ1) is 14.4. The molecule has 3 nitrogen and oxygen atoms in total. The average molecular weight is 346 g/mol. The SMILES string of the molecule is CC(NC(C)c1ccc(I)cc1)C(=O)N(C)C. The maximum Gasteiger partial charge on any atom is 0.238 e. The molecule has 17 heavy (non-hydrogen) atoms. The van der Waals surface area contributed by atoms with Gasteiger partial charge in [0.05, 0.1) is 6.04 Å². The monoisotopic (exact) mass is 346 g/mol. The van der Waals surface area contributed by atoms with Crippen molar-refractivity contribution >= 4 is 28.5 Å². The van der Waals surface area contributed by atoms with E-state index in [0.717, 1.165) is 0 Å². The Morgan fingerprint density at radius 2 is 1.76 bits per heavy atom. The Balaban J connectivity index is 2.63. The molecule has 94 valence electrons. The summed E-state index contributed by atoms with van der Waals surface area (Å²) in [6.07, 6.45) is 0. The lowest BCUT2D eigenvalue weighted by Crippen LogP contribution is -2.42. The third kappa shape index (κ3) is 4.27. The van der Waals surface area contributed by atoms with Gasteiger partial charge in [0.2, 0.25) is 5.91 Å². The first-order chi connectivity index (χ1) is 7.91. The van der Waals surface area contributed by atoms with Crippen LogP contribution in [0.25, 0.3) is 0 Å². The average Bonchev–Trinajstić information content (AvgIpc) is 2.28. The van der Waals surface area contributed by atoms with Crippen LogP contribution < -0.4 is 5.32 Å². The molecule has 1 rings (SSSR count). The summed E-state index contributed by atoms with van der Waals surface area (Å²) in [5.41, 5.74) is 1.20. The van der Waals surface area contributed by atoms with E-state index in [1.165, 1.54) is 9.13 Å². The Labute approximate surface area is 117 Å². The number of amides is 1. The Morgan fingerprint density at radius 3 is 2.24 bits per heavy atom. The molecule has 2 atom stereocenters. The van der Waals surface area contributed by atoms with Crippen molar-refractivity contribution in [2.24, 2.45) is 0 Å². The zero-order chi connectivity index (χ0) is 13.0. The summed E-state index contributed by atoms with van der Waals surface area (Å²) in [4.78, 5) is 13.3. The number of benzene rings is 1. The lowest BCUT2D eigenvalue weighted by atomic mass is 10.1. The van der Waals surface area contributed by atoms with Crippen molar-refractivity contribution in [1.29, 1.82) is 0 Å². The molecule has 1 aromatic carbocycles. The van der Waals surface area contributed by atoms with Crippen LogP contribution in [0.2, 0.25) is 0 Å². The summed E-state index contributed by atoms with van der Waals surface area (Å²) in [5.74, 6) is 0.0994. The van der Waals surface area contributed by atoms with Crippen molar-refractivity contribution in [3.05, 3.63) is 33.4 Å². The molecule has 0 fully saturated rings. The fraction of sp³-hybridized carbons (Fsp3) is 0.462. The number of rotatable bonds is 4. The minimum absolute atomic E-state index is 0.0994. The van der Waals surface area contributed by atoms with Crippen LogP contribution in [0.3, 0.4) is 0 Å². The number of nitrogens with one attached hydrogen (secondary N) is 1. The van der Waals surface area contributed by atoms with Crippen LogP contribution in [0.15, 0.2) is 24.3 Å². The zero-order valence-electron chi connectivity index (χ0n) is 10.7. The number of hydrogen-bond donors (Lipinski definition) is 1. The van der Waals surface area contributed by atoms with Crippen molar-refractivity contribution < 1.29 is 4.79 Å². The number of nitrogens with zero attached hydrogens (tertiary/aromatic N) is 1. The molecule has 1 N–H and O–H groups in total. The van der Waals surface area contributed by atoms with E-state index in [1.807, 2.05) is 6.92 Å². The molecule has 1 aromatic rings. The summed E-state index contributed by atoms with van der Waals surface area (Å²) in [7, 11) is 3.55. The molecule has 2 unspecified atom stereocenters. The predicted molar refractivity (Wildman–Crippen MR) is 78.9 cm³/mol. The molecule has 0 heterocycles. The fourth-order valence-corrected chi connectivity index (χ4v) is 2.04. The first-order valence-corrected chi connectivity index (χ1v) is 6.72. The van der Waals surface area contributed by atoms with E-state index in [4.69, 9.17) is 0 Å². The Morgan fingerprint density at radius 1 is 1.24 bits per heavy atom. The largest absolute Gasteiger partial charge is 0.347 e. The van der Waals surface area contributed by atoms with E-state index < -0.39 is 0 Å². The van der Waals surface area contributed by atoms with Gasteiger partial charge in [-0.15, -0.1) is 0 Å². The molecule has 0 bridgehead atoms. The fourth-order valence-electron chi connectivity index (χ4n) is 1.68. The molecule has 0 aliphatic heterocycles. The molecule has 0 saturated carbocycles. The quantitative estimate of drug-likeness (QED) is 0.850. The number of carbonyl (C=O) groups is 1. The summed E-state index contributed by atoms with van der Waals surface area (Å²) in [5, 5.41) is 3.30. The van der Waals surface area contributed by atoms with Crippen molar-refractivity contribution in [3.63, 3.8) is 0 Å². The Bertz CT molecular complexity index is 376. The smallest absolute Gasteiger partial charge is 0.238 e. The maximum absolute atomic E-state index is 11.7. The van der Waals surface area contributed by atoms with E-state index in [2.05, 4.69) is 59.1 Å². The van der Waals surface area contributed by atoms with Crippen LogP contribution in [0.1, 0.15) is 25.5 Å². The Kier molecular flexibility index (Phi) is 5.39. The maximum atomic E-state index is 11.7. The highest BCUT2D eigenvalue weighted by atomic mass is 127. The van der Waals surface area contributed by atoms with E-state index in [9.17, 15) is 4.79 Å². The third-order valence-electron chi connectivity index (χ3n) is 2.68. The van der Waals surface area contributed by atoms with Gasteiger partial charge in [0.15, 0.2) is 0 Å². The molecule has 0 radical (unpaired) electrons. The van der Waals surface area contributed by atoms with Gasteiger partial charge >= 0.3 is 0 Å². The van der Waals surface area contributed by atoms with Gasteiger partial charge in [-0.2, -0.15) is 0 Å². The molecule has 0 spiro atoms. The number of halogens is 1. The van der Waals surface area contributed by atoms with E-state index in [-0.39, 0.29) is 18.0 Å². The molecule has 0 aromatic heterocycles. The highest BCUT2D eigenvalue weighted by Crippen LogP contribution is 2.15. The zero-order valence-corrected chi connectivity index (χ0v) is 12.9. The van der Waals surface area contributed by atoms with Crippen LogP contribution in [-0.2, 0) is 4.79 Å². The van der Waals surface area contributed by atoms with Crippen LogP contribution in [-0.4, -0.2) is 30.9 Å². The lowest BCUT2D eigenvalue weighted by molar-refractivity contribution is -0.130. The number of carbonyl (C=O) groups excluding carboxylic acids is 1. The highest BCUT2D eigenvalue weighted by Gasteiger charge is 2.17. The second-order valence-corrected chi connectivity index (χ2v) is 5.64. The standard InChI is InChI=1S/C13H19IN2O/c1-9(11-5-7-12(14)8-6-11)15-10(2)13(17)16(3)4/h5-10,15H,1-4H3. The van der Waals surface area contributed by atoms with E-state index in [1.54, 1.807) is 19.0 Å². The molecule has 0 aliphatic carbocycles. The molecule has 0 aliphatic rings. The minimum Gasteiger partial charge on any atom is -0.347 e. The van der Waals surface area contributed by atoms with E-state index in [0.29, 0.717) is 0 Å². The summed E-state index contributed by atoms with van der Waals surface area (Å²) < 4.78 is 1.22. The van der Waals surface area contributed by atoms with Gasteiger partial charge in [-0.1, -0.05) is 12.1 Å². The minimum atomic E-state index is -0.167. The van der Waals surface area contributed by atoms with Crippen LogP contribution >= 0.6 is 22.6 Å². The molecule has 0 saturated heterocycles. The summed E-state index contributed by atoms with van der Waals surface area (Å²) >= 11 is 2.28. The van der Waals surface area contributed by atoms with Crippen molar-refractivity contribution in [3.8, 4) is 0 Å². The highest BCUT2D eigenvalue weighted by molar-refractivity contribution is 14.1. The lowest BCUT2D eigenvalue weighted by Gasteiger charge is -2.22. The topological polar surface area (TPSA) is 32.3 Å². The van der Waals surface area contributed by atoms with E-state index >= 15 is 0 Å². The second kappa shape index (κ2) is 6.35. The van der Waals surface area contributed by atoms with Crippen LogP contribution in [0.5, 0.6) is 0 Å². The van der Waals surface area contributed by atoms with Crippen molar-refractivity contribution in [2.75, 3.05) is 14.1 Å². The first-order valence-electron chi connectivity index (χ1n) is 5.64. The van der Waals surface area contributed by atoms with Gasteiger partial charge in [-0.3, -0.25) is 10.1 Å². The summed E-state index contributed by atoms with van der Waals surface area (Å²) in [6.45, 7) is 3.97.